The van der Waals surface area contributed by atoms with Gasteiger partial charge in [0.15, 0.2) is 11.4 Å². The van der Waals surface area contributed by atoms with Gasteiger partial charge in [-0.15, -0.1) is 0 Å². The maximum atomic E-state index is 12.6. The van der Waals surface area contributed by atoms with Crippen LogP contribution in [-0.4, -0.2) is 54.6 Å². The molecule has 5 heteroatoms. The number of hydrogen-bond donors (Lipinski definition) is 1. The van der Waals surface area contributed by atoms with Gasteiger partial charge in [0.25, 0.3) is 0 Å². The molecule has 0 aliphatic rings. The van der Waals surface area contributed by atoms with E-state index < -0.39 is 18.0 Å². The van der Waals surface area contributed by atoms with Crippen molar-refractivity contribution in [1.82, 2.24) is 0 Å². The molecule has 0 saturated heterocycles. The molecule has 0 radical (unpaired) electrons. The lowest BCUT2D eigenvalue weighted by molar-refractivity contribution is -0.875. The minimum Gasteiger partial charge on any atom is -0.550 e. The smallest absolute Gasteiger partial charge is 0.177 e. The third-order valence-electron chi connectivity index (χ3n) is 3.28. The highest BCUT2D eigenvalue weighted by molar-refractivity contribution is 5.92. The number of carboxylic acids is 1. The number of Topliss-reactive ketones (excluding diaryl/α,β-unsaturated/α-hetero) is 1. The topological polar surface area (TPSA) is 77.4 Å². The second-order valence-electron chi connectivity index (χ2n) is 6.67. The van der Waals surface area contributed by atoms with Crippen LogP contribution in [0.25, 0.3) is 0 Å². The maximum Gasteiger partial charge on any atom is 0.177 e. The second kappa shape index (κ2) is 7.74. The first-order chi connectivity index (χ1) is 9.05. The van der Waals surface area contributed by atoms with Crippen molar-refractivity contribution in [2.24, 2.45) is 5.92 Å². The van der Waals surface area contributed by atoms with Gasteiger partial charge in [-0.25, -0.2) is 0 Å². The molecule has 0 rings (SSSR count). The minimum absolute atomic E-state index is 0.0732. The van der Waals surface area contributed by atoms with Crippen LogP contribution in [0.5, 0.6) is 0 Å². The molecule has 0 aromatic rings. The predicted octanol–water partition coefficient (Wildman–Crippen LogP) is 0.349. The van der Waals surface area contributed by atoms with Crippen molar-refractivity contribution >= 4 is 11.8 Å². The highest BCUT2D eigenvalue weighted by Gasteiger charge is 2.43. The first kappa shape index (κ1) is 19.1. The van der Waals surface area contributed by atoms with Crippen LogP contribution >= 0.6 is 0 Å². The number of aliphatic carboxylic acids is 1. The third kappa shape index (κ3) is 6.48. The molecule has 0 bridgehead atoms. The van der Waals surface area contributed by atoms with Crippen molar-refractivity contribution in [2.45, 2.75) is 51.6 Å². The van der Waals surface area contributed by atoms with E-state index in [-0.39, 0.29) is 18.2 Å². The van der Waals surface area contributed by atoms with E-state index in [0.29, 0.717) is 17.3 Å². The summed E-state index contributed by atoms with van der Waals surface area (Å²) in [6, 6.07) is 0. The summed E-state index contributed by atoms with van der Waals surface area (Å²) in [5, 5.41) is 21.5. The lowest BCUT2D eigenvalue weighted by Crippen LogP contribution is -2.57. The SMILES string of the molecule is CCCC(CCC)C(=O)[C@@](O)(CC(=O)[O-])C[N+](C)(C)C. The van der Waals surface area contributed by atoms with Crippen molar-refractivity contribution in [3.05, 3.63) is 0 Å². The lowest BCUT2D eigenvalue weighted by Gasteiger charge is -2.36. The molecule has 0 heterocycles. The van der Waals surface area contributed by atoms with Crippen LogP contribution in [0.4, 0.5) is 0 Å². The largest absolute Gasteiger partial charge is 0.550 e. The van der Waals surface area contributed by atoms with Crippen molar-refractivity contribution in [2.75, 3.05) is 27.7 Å². The normalized spacial score (nSPS) is 15.2. The number of aliphatic hydroxyl groups is 1. The highest BCUT2D eigenvalue weighted by Crippen LogP contribution is 2.25. The predicted molar refractivity (Wildman–Crippen MR) is 75.8 cm³/mol. The Morgan fingerprint density at radius 1 is 1.15 bits per heavy atom. The number of ketones is 1. The van der Waals surface area contributed by atoms with Crippen LogP contribution in [0.15, 0.2) is 0 Å². The molecule has 0 spiro atoms. The Morgan fingerprint density at radius 2 is 1.60 bits per heavy atom. The van der Waals surface area contributed by atoms with Crippen LogP contribution in [-0.2, 0) is 9.59 Å². The summed E-state index contributed by atoms with van der Waals surface area (Å²) in [4.78, 5) is 23.5. The van der Waals surface area contributed by atoms with Crippen LogP contribution in [0, 0.1) is 5.92 Å². The molecule has 0 amide bonds. The molecule has 0 aromatic heterocycles. The van der Waals surface area contributed by atoms with Gasteiger partial charge in [0.1, 0.15) is 6.54 Å². The van der Waals surface area contributed by atoms with E-state index in [4.69, 9.17) is 0 Å². The van der Waals surface area contributed by atoms with Crippen LogP contribution in [0.1, 0.15) is 46.0 Å². The molecule has 0 aliphatic heterocycles. The van der Waals surface area contributed by atoms with Crippen molar-refractivity contribution < 1.29 is 24.3 Å². The molecule has 0 unspecified atom stereocenters. The standard InChI is InChI=1S/C15H29NO4/c1-6-8-12(9-7-2)14(19)15(20,10-13(17)18)11-16(3,4)5/h12,20H,6-11H2,1-5H3/t15-/m1/s1. The number of carbonyl (C=O) groups excluding carboxylic acids is 2. The average Bonchev–Trinajstić information content (AvgIpc) is 2.24. The molecular weight excluding hydrogens is 258 g/mol. The molecule has 0 aliphatic carbocycles. The first-order valence-electron chi connectivity index (χ1n) is 7.32. The van der Waals surface area contributed by atoms with Crippen molar-refractivity contribution in [3.63, 3.8) is 0 Å². The molecule has 0 aromatic carbocycles. The van der Waals surface area contributed by atoms with Crippen molar-refractivity contribution in [3.8, 4) is 0 Å². The average molecular weight is 287 g/mol. The minimum atomic E-state index is -1.84. The number of carboxylic acid groups (broad SMARTS) is 1. The van der Waals surface area contributed by atoms with Gasteiger partial charge in [-0.2, -0.15) is 0 Å². The Kier molecular flexibility index (Phi) is 7.38. The summed E-state index contributed by atoms with van der Waals surface area (Å²) in [5.74, 6) is -2.01. The monoisotopic (exact) mass is 287 g/mol. The number of carbonyl (C=O) groups is 2. The Balaban J connectivity index is 5.26. The second-order valence-corrected chi connectivity index (χ2v) is 6.67. The Morgan fingerprint density at radius 3 is 1.90 bits per heavy atom. The number of hydrogen-bond acceptors (Lipinski definition) is 4. The lowest BCUT2D eigenvalue weighted by atomic mass is 9.81. The molecule has 1 N–H and O–H groups in total. The van der Waals surface area contributed by atoms with E-state index in [2.05, 4.69) is 0 Å². The number of rotatable bonds is 10. The number of nitrogens with zero attached hydrogens (tertiary/aromatic N) is 1. The maximum absolute atomic E-state index is 12.6. The van der Waals surface area contributed by atoms with E-state index in [9.17, 15) is 19.8 Å². The molecule has 5 nitrogen and oxygen atoms in total. The van der Waals surface area contributed by atoms with Gasteiger partial charge < -0.3 is 19.5 Å². The van der Waals surface area contributed by atoms with Crippen LogP contribution in [0.2, 0.25) is 0 Å². The highest BCUT2D eigenvalue weighted by atomic mass is 16.4. The quantitative estimate of drug-likeness (QED) is 0.588. The Hall–Kier alpha value is -0.940. The molecule has 118 valence electrons. The van der Waals surface area contributed by atoms with Gasteiger partial charge in [-0.1, -0.05) is 26.7 Å². The van der Waals surface area contributed by atoms with Gasteiger partial charge in [-0.05, 0) is 12.8 Å². The molecule has 1 atom stereocenters. The fraction of sp³-hybridized carbons (Fsp3) is 0.867. The number of quaternary nitrogens is 1. The summed E-state index contributed by atoms with van der Waals surface area (Å²) in [7, 11) is 5.46. The van der Waals surface area contributed by atoms with Gasteiger partial charge in [-0.3, -0.25) is 4.79 Å². The van der Waals surface area contributed by atoms with Crippen molar-refractivity contribution in [1.29, 1.82) is 0 Å². The zero-order chi connectivity index (χ0) is 16.0. The van der Waals surface area contributed by atoms with Gasteiger partial charge in [0, 0.05) is 18.3 Å². The molecule has 20 heavy (non-hydrogen) atoms. The van der Waals surface area contributed by atoms with Gasteiger partial charge in [0.05, 0.1) is 21.1 Å². The molecule has 0 fully saturated rings. The summed E-state index contributed by atoms with van der Waals surface area (Å²) in [6.07, 6.45) is 2.40. The Labute approximate surface area is 122 Å². The summed E-state index contributed by atoms with van der Waals surface area (Å²) in [5.41, 5.74) is -1.84. The van der Waals surface area contributed by atoms with E-state index in [1.807, 2.05) is 35.0 Å². The fourth-order valence-electron chi connectivity index (χ4n) is 2.73. The van der Waals surface area contributed by atoms with E-state index in [1.165, 1.54) is 0 Å². The molecular formula is C15H29NO4. The van der Waals surface area contributed by atoms with E-state index >= 15 is 0 Å². The van der Waals surface area contributed by atoms with Gasteiger partial charge in [0.2, 0.25) is 0 Å². The number of likely N-dealkylation sites (N-methyl/N-ethyl adjacent to an activating group) is 1. The zero-order valence-electron chi connectivity index (χ0n) is 13.4. The third-order valence-corrected chi connectivity index (χ3v) is 3.28. The van der Waals surface area contributed by atoms with Crippen LogP contribution < -0.4 is 5.11 Å². The summed E-state index contributed by atoms with van der Waals surface area (Å²) >= 11 is 0. The van der Waals surface area contributed by atoms with E-state index in [0.717, 1.165) is 12.8 Å². The summed E-state index contributed by atoms with van der Waals surface area (Å²) < 4.78 is 0.320. The summed E-state index contributed by atoms with van der Waals surface area (Å²) in [6.45, 7) is 4.03. The van der Waals surface area contributed by atoms with Crippen LogP contribution in [0.3, 0.4) is 0 Å². The first-order valence-corrected chi connectivity index (χ1v) is 7.32. The zero-order valence-corrected chi connectivity index (χ0v) is 13.4. The Bertz CT molecular complexity index is 329. The van der Waals surface area contributed by atoms with E-state index in [1.54, 1.807) is 0 Å². The molecule has 0 saturated carbocycles. The fourth-order valence-corrected chi connectivity index (χ4v) is 2.73. The van der Waals surface area contributed by atoms with Gasteiger partial charge >= 0.3 is 0 Å².